The van der Waals surface area contributed by atoms with Gasteiger partial charge in [-0.05, 0) is 12.8 Å². The second-order valence-corrected chi connectivity index (χ2v) is 6.05. The third kappa shape index (κ3) is 4.90. The Bertz CT molecular complexity index is 291. The van der Waals surface area contributed by atoms with E-state index in [0.29, 0.717) is 26.2 Å². The summed E-state index contributed by atoms with van der Waals surface area (Å²) in [6, 6.07) is 0.142. The maximum absolute atomic E-state index is 12.4. The summed E-state index contributed by atoms with van der Waals surface area (Å²) in [5.74, 6) is 0. The molecule has 0 aromatic carbocycles. The van der Waals surface area contributed by atoms with Gasteiger partial charge in [0.25, 0.3) is 0 Å². The quantitative estimate of drug-likeness (QED) is 0.846. The van der Waals surface area contributed by atoms with Crippen LogP contribution in [0.3, 0.4) is 0 Å². The van der Waals surface area contributed by atoms with Crippen LogP contribution < -0.4 is 0 Å². The Labute approximate surface area is 118 Å². The minimum absolute atomic E-state index is 0.142. The highest BCUT2D eigenvalue weighted by atomic mass is 19.4. The second kappa shape index (κ2) is 7.09. The minimum atomic E-state index is -4.11. The number of hydrogen-bond acceptors (Lipinski definition) is 3. The molecule has 118 valence electrons. The SMILES string of the molecule is OC1CCCCCCC1N1CCN(CC(F)(F)F)CC1. The van der Waals surface area contributed by atoms with Crippen molar-refractivity contribution in [3.8, 4) is 0 Å². The predicted molar refractivity (Wildman–Crippen MR) is 71.6 cm³/mol. The van der Waals surface area contributed by atoms with Crippen LogP contribution in [0.5, 0.6) is 0 Å². The van der Waals surface area contributed by atoms with E-state index >= 15 is 0 Å². The number of aliphatic hydroxyl groups excluding tert-OH is 1. The lowest BCUT2D eigenvalue weighted by molar-refractivity contribution is -0.150. The average Bonchev–Trinajstić information content (AvgIpc) is 2.34. The van der Waals surface area contributed by atoms with E-state index in [1.807, 2.05) is 0 Å². The normalized spacial score (nSPS) is 31.8. The number of halogens is 3. The summed E-state index contributed by atoms with van der Waals surface area (Å²) >= 11 is 0. The van der Waals surface area contributed by atoms with Crippen LogP contribution in [-0.4, -0.2) is 66.0 Å². The number of piperazine rings is 1. The van der Waals surface area contributed by atoms with E-state index in [4.69, 9.17) is 0 Å². The third-order valence-corrected chi connectivity index (χ3v) is 4.47. The van der Waals surface area contributed by atoms with Gasteiger partial charge >= 0.3 is 6.18 Å². The fraction of sp³-hybridized carbons (Fsp3) is 1.00. The second-order valence-electron chi connectivity index (χ2n) is 6.05. The molecular formula is C14H25F3N2O. The van der Waals surface area contributed by atoms with Crippen molar-refractivity contribution in [2.45, 2.75) is 56.8 Å². The molecule has 1 N–H and O–H groups in total. The molecule has 2 aliphatic rings. The van der Waals surface area contributed by atoms with E-state index in [1.54, 1.807) is 0 Å². The van der Waals surface area contributed by atoms with E-state index in [-0.39, 0.29) is 12.1 Å². The molecular weight excluding hydrogens is 269 g/mol. The van der Waals surface area contributed by atoms with Crippen molar-refractivity contribution in [2.24, 2.45) is 0 Å². The lowest BCUT2D eigenvalue weighted by Gasteiger charge is -2.41. The molecule has 1 heterocycles. The molecule has 0 bridgehead atoms. The summed E-state index contributed by atoms with van der Waals surface area (Å²) < 4.78 is 37.1. The Morgan fingerprint density at radius 1 is 0.900 bits per heavy atom. The highest BCUT2D eigenvalue weighted by Crippen LogP contribution is 2.24. The topological polar surface area (TPSA) is 26.7 Å². The monoisotopic (exact) mass is 294 g/mol. The van der Waals surface area contributed by atoms with Crippen LogP contribution in [0.25, 0.3) is 0 Å². The highest BCUT2D eigenvalue weighted by molar-refractivity contribution is 4.85. The first-order valence-electron chi connectivity index (χ1n) is 7.67. The van der Waals surface area contributed by atoms with Crippen molar-refractivity contribution in [1.29, 1.82) is 0 Å². The minimum Gasteiger partial charge on any atom is -0.391 e. The first-order valence-corrected chi connectivity index (χ1v) is 7.67. The molecule has 20 heavy (non-hydrogen) atoms. The Hall–Kier alpha value is -0.330. The predicted octanol–water partition coefficient (Wildman–Crippen LogP) is 2.25. The molecule has 0 aromatic rings. The number of nitrogens with zero attached hydrogens (tertiary/aromatic N) is 2. The smallest absolute Gasteiger partial charge is 0.391 e. The summed E-state index contributed by atoms with van der Waals surface area (Å²) in [5, 5.41) is 10.2. The van der Waals surface area contributed by atoms with Crippen LogP contribution in [0.15, 0.2) is 0 Å². The summed E-state index contributed by atoms with van der Waals surface area (Å²) in [5.41, 5.74) is 0. The van der Waals surface area contributed by atoms with Crippen LogP contribution in [0.4, 0.5) is 13.2 Å². The number of alkyl halides is 3. The fourth-order valence-electron chi connectivity index (χ4n) is 3.38. The lowest BCUT2D eigenvalue weighted by atomic mass is 9.93. The molecule has 1 saturated heterocycles. The zero-order chi connectivity index (χ0) is 14.6. The van der Waals surface area contributed by atoms with Crippen molar-refractivity contribution < 1.29 is 18.3 Å². The molecule has 0 aromatic heterocycles. The standard InChI is InChI=1S/C14H25F3N2O/c15-14(16,17)11-18-7-9-19(10-8-18)12-5-3-1-2-4-6-13(12)20/h12-13,20H,1-11H2. The van der Waals surface area contributed by atoms with Crippen molar-refractivity contribution in [3.63, 3.8) is 0 Å². The molecule has 2 fully saturated rings. The van der Waals surface area contributed by atoms with Gasteiger partial charge in [0.2, 0.25) is 0 Å². The van der Waals surface area contributed by atoms with Gasteiger partial charge in [0.05, 0.1) is 12.6 Å². The molecule has 2 rings (SSSR count). The lowest BCUT2D eigenvalue weighted by Crippen LogP contribution is -2.55. The van der Waals surface area contributed by atoms with Crippen molar-refractivity contribution in [1.82, 2.24) is 9.80 Å². The molecule has 6 heteroatoms. The number of aliphatic hydroxyl groups is 1. The first kappa shape index (κ1) is 16.0. The van der Waals surface area contributed by atoms with E-state index < -0.39 is 12.7 Å². The summed E-state index contributed by atoms with van der Waals surface area (Å²) in [7, 11) is 0. The summed E-state index contributed by atoms with van der Waals surface area (Å²) in [6.07, 6.45) is 1.94. The van der Waals surface area contributed by atoms with Crippen LogP contribution in [0, 0.1) is 0 Å². The Morgan fingerprint density at radius 3 is 2.10 bits per heavy atom. The Balaban J connectivity index is 1.82. The van der Waals surface area contributed by atoms with Gasteiger partial charge in [-0.25, -0.2) is 0 Å². The van der Waals surface area contributed by atoms with Gasteiger partial charge in [-0.2, -0.15) is 13.2 Å². The zero-order valence-corrected chi connectivity index (χ0v) is 11.9. The summed E-state index contributed by atoms with van der Waals surface area (Å²) in [4.78, 5) is 3.66. The van der Waals surface area contributed by atoms with Crippen molar-refractivity contribution >= 4 is 0 Å². The molecule has 1 aliphatic heterocycles. The van der Waals surface area contributed by atoms with Crippen LogP contribution in [0.1, 0.15) is 38.5 Å². The van der Waals surface area contributed by atoms with Crippen LogP contribution >= 0.6 is 0 Å². The van der Waals surface area contributed by atoms with E-state index in [0.717, 1.165) is 25.7 Å². The summed E-state index contributed by atoms with van der Waals surface area (Å²) in [6.45, 7) is 1.36. The van der Waals surface area contributed by atoms with E-state index in [9.17, 15) is 18.3 Å². The molecule has 0 amide bonds. The van der Waals surface area contributed by atoms with Gasteiger partial charge < -0.3 is 5.11 Å². The van der Waals surface area contributed by atoms with Gasteiger partial charge in [-0.1, -0.05) is 25.7 Å². The maximum Gasteiger partial charge on any atom is 0.401 e. The number of rotatable bonds is 2. The van der Waals surface area contributed by atoms with Gasteiger partial charge in [0.1, 0.15) is 0 Å². The number of hydrogen-bond donors (Lipinski definition) is 1. The van der Waals surface area contributed by atoms with Gasteiger partial charge in [-0.15, -0.1) is 0 Å². The van der Waals surface area contributed by atoms with Gasteiger partial charge in [0.15, 0.2) is 0 Å². The molecule has 3 nitrogen and oxygen atoms in total. The molecule has 2 atom stereocenters. The molecule has 0 radical (unpaired) electrons. The van der Waals surface area contributed by atoms with Gasteiger partial charge in [-0.3, -0.25) is 9.80 Å². The van der Waals surface area contributed by atoms with Gasteiger partial charge in [0, 0.05) is 32.2 Å². The third-order valence-electron chi connectivity index (χ3n) is 4.47. The maximum atomic E-state index is 12.4. The van der Waals surface area contributed by atoms with E-state index in [1.165, 1.54) is 17.7 Å². The molecule has 2 unspecified atom stereocenters. The molecule has 1 saturated carbocycles. The average molecular weight is 294 g/mol. The molecule has 1 aliphatic carbocycles. The van der Waals surface area contributed by atoms with Crippen molar-refractivity contribution in [2.75, 3.05) is 32.7 Å². The molecule has 0 spiro atoms. The largest absolute Gasteiger partial charge is 0.401 e. The van der Waals surface area contributed by atoms with E-state index in [2.05, 4.69) is 4.90 Å². The fourth-order valence-corrected chi connectivity index (χ4v) is 3.38. The first-order chi connectivity index (χ1) is 9.46. The van der Waals surface area contributed by atoms with Crippen LogP contribution in [-0.2, 0) is 0 Å². The Morgan fingerprint density at radius 2 is 1.50 bits per heavy atom. The highest BCUT2D eigenvalue weighted by Gasteiger charge is 2.34. The zero-order valence-electron chi connectivity index (χ0n) is 11.9. The van der Waals surface area contributed by atoms with Crippen molar-refractivity contribution in [3.05, 3.63) is 0 Å². The van der Waals surface area contributed by atoms with Crippen LogP contribution in [0.2, 0.25) is 0 Å². The Kier molecular flexibility index (Phi) is 5.69.